The number of thiophene rings is 1. The van der Waals surface area contributed by atoms with Crippen LogP contribution in [0.2, 0.25) is 0 Å². The Kier molecular flexibility index (Phi) is 6.47. The Balaban J connectivity index is 1.49. The smallest absolute Gasteiger partial charge is 0.330 e. The van der Waals surface area contributed by atoms with Crippen molar-refractivity contribution in [2.45, 2.75) is 13.0 Å². The highest BCUT2D eigenvalue weighted by atomic mass is 32.1. The first-order valence-corrected chi connectivity index (χ1v) is 11.2. The van der Waals surface area contributed by atoms with Crippen molar-refractivity contribution in [3.63, 3.8) is 0 Å². The highest BCUT2D eigenvalue weighted by molar-refractivity contribution is 7.12. The van der Waals surface area contributed by atoms with Crippen LogP contribution in [0.15, 0.2) is 90.3 Å². The van der Waals surface area contributed by atoms with Gasteiger partial charge in [-0.3, -0.25) is 9.59 Å². The molecule has 33 heavy (non-hydrogen) atoms. The number of nitrogens with one attached hydrogen (secondary N) is 1. The van der Waals surface area contributed by atoms with Gasteiger partial charge >= 0.3 is 5.97 Å². The number of rotatable bonds is 7. The number of amides is 1. The van der Waals surface area contributed by atoms with Crippen LogP contribution >= 0.6 is 11.3 Å². The van der Waals surface area contributed by atoms with Gasteiger partial charge in [0.25, 0.3) is 5.91 Å². The molecular formula is C27H21NO4S. The van der Waals surface area contributed by atoms with Crippen molar-refractivity contribution in [1.29, 1.82) is 0 Å². The van der Waals surface area contributed by atoms with Crippen molar-refractivity contribution in [3.8, 4) is 22.3 Å². The van der Waals surface area contributed by atoms with Crippen LogP contribution in [0, 0.1) is 0 Å². The monoisotopic (exact) mass is 455 g/mol. The van der Waals surface area contributed by atoms with E-state index in [9.17, 15) is 19.5 Å². The molecule has 4 rings (SSSR count). The van der Waals surface area contributed by atoms with Gasteiger partial charge in [-0.05, 0) is 46.2 Å². The van der Waals surface area contributed by atoms with Crippen LogP contribution in [0.4, 0.5) is 0 Å². The summed E-state index contributed by atoms with van der Waals surface area (Å²) in [7, 11) is 0. The SMILES string of the molecule is CC(=O)c1ccc(-c2ccc(-c3csc(C(=O)NC(C(=O)O)c4ccccc4)c3)cc2)cc1. The Hall–Kier alpha value is -4.03. The second kappa shape index (κ2) is 9.63. The number of hydrogen-bond donors (Lipinski definition) is 2. The molecule has 2 N–H and O–H groups in total. The quantitative estimate of drug-likeness (QED) is 0.343. The largest absolute Gasteiger partial charge is 0.479 e. The molecular weight excluding hydrogens is 434 g/mol. The molecule has 0 aliphatic carbocycles. The van der Waals surface area contributed by atoms with E-state index in [1.54, 1.807) is 43.3 Å². The lowest BCUT2D eigenvalue weighted by molar-refractivity contribution is -0.139. The number of aliphatic carboxylic acids is 1. The van der Waals surface area contributed by atoms with Crippen LogP contribution in [-0.4, -0.2) is 22.8 Å². The predicted molar refractivity (Wildman–Crippen MR) is 129 cm³/mol. The minimum absolute atomic E-state index is 0.0349. The molecule has 0 fully saturated rings. The zero-order valence-electron chi connectivity index (χ0n) is 17.8. The maximum absolute atomic E-state index is 12.7. The summed E-state index contributed by atoms with van der Waals surface area (Å²) in [5, 5.41) is 14.0. The van der Waals surface area contributed by atoms with E-state index in [1.165, 1.54) is 11.3 Å². The number of ketones is 1. The molecule has 164 valence electrons. The fraction of sp³-hybridized carbons (Fsp3) is 0.0741. The molecule has 0 saturated heterocycles. The standard InChI is InChI=1S/C27H21NO4S/c1-17(29)18-7-9-19(10-8-18)20-11-13-21(14-12-20)23-15-24(33-16-23)26(30)28-25(27(31)32)22-5-3-2-4-6-22/h2-16,25H,1H3,(H,28,30)(H,31,32). The summed E-state index contributed by atoms with van der Waals surface area (Å²) in [6.45, 7) is 1.54. The van der Waals surface area contributed by atoms with Gasteiger partial charge < -0.3 is 10.4 Å². The Labute approximate surface area is 195 Å². The van der Waals surface area contributed by atoms with Gasteiger partial charge in [-0.2, -0.15) is 0 Å². The number of carboxylic acid groups (broad SMARTS) is 1. The first-order valence-electron chi connectivity index (χ1n) is 10.3. The third kappa shape index (κ3) is 5.07. The van der Waals surface area contributed by atoms with Gasteiger partial charge in [0.15, 0.2) is 11.8 Å². The third-order valence-corrected chi connectivity index (χ3v) is 6.25. The van der Waals surface area contributed by atoms with Crippen LogP contribution in [0.25, 0.3) is 22.3 Å². The Morgan fingerprint density at radius 2 is 1.33 bits per heavy atom. The molecule has 1 atom stereocenters. The van der Waals surface area contributed by atoms with Crippen molar-refractivity contribution in [1.82, 2.24) is 5.32 Å². The highest BCUT2D eigenvalue weighted by Gasteiger charge is 2.23. The number of benzene rings is 3. The first-order chi connectivity index (χ1) is 15.9. The predicted octanol–water partition coefficient (Wildman–Crippen LogP) is 5.84. The van der Waals surface area contributed by atoms with Crippen molar-refractivity contribution in [2.75, 3.05) is 0 Å². The average Bonchev–Trinajstić information content (AvgIpc) is 3.33. The van der Waals surface area contributed by atoms with E-state index in [-0.39, 0.29) is 5.78 Å². The van der Waals surface area contributed by atoms with Crippen molar-refractivity contribution >= 4 is 29.0 Å². The Morgan fingerprint density at radius 3 is 1.88 bits per heavy atom. The van der Waals surface area contributed by atoms with Crippen LogP contribution in [0.5, 0.6) is 0 Å². The molecule has 1 heterocycles. The normalized spacial score (nSPS) is 11.5. The van der Waals surface area contributed by atoms with Gasteiger partial charge in [-0.25, -0.2) is 4.79 Å². The van der Waals surface area contributed by atoms with E-state index < -0.39 is 17.9 Å². The second-order valence-corrected chi connectivity index (χ2v) is 8.48. The van der Waals surface area contributed by atoms with E-state index in [4.69, 9.17) is 0 Å². The van der Waals surface area contributed by atoms with Crippen molar-refractivity contribution in [3.05, 3.63) is 106 Å². The lowest BCUT2D eigenvalue weighted by Gasteiger charge is -2.14. The lowest BCUT2D eigenvalue weighted by Crippen LogP contribution is -2.33. The van der Waals surface area contributed by atoms with Gasteiger partial charge in [-0.15, -0.1) is 11.3 Å². The fourth-order valence-electron chi connectivity index (χ4n) is 3.49. The highest BCUT2D eigenvalue weighted by Crippen LogP contribution is 2.29. The number of carboxylic acids is 1. The Morgan fingerprint density at radius 1 is 0.788 bits per heavy atom. The zero-order chi connectivity index (χ0) is 23.4. The summed E-state index contributed by atoms with van der Waals surface area (Å²) in [5.74, 6) is -1.50. The van der Waals surface area contributed by atoms with E-state index in [0.29, 0.717) is 16.0 Å². The number of carbonyl (C=O) groups excluding carboxylic acids is 2. The first kappa shape index (κ1) is 22.2. The molecule has 0 aliphatic rings. The minimum atomic E-state index is -1.11. The lowest BCUT2D eigenvalue weighted by atomic mass is 10.00. The summed E-state index contributed by atoms with van der Waals surface area (Å²) >= 11 is 1.27. The van der Waals surface area contributed by atoms with Gasteiger partial charge in [0.1, 0.15) is 0 Å². The van der Waals surface area contributed by atoms with E-state index in [2.05, 4.69) is 5.32 Å². The number of hydrogen-bond acceptors (Lipinski definition) is 4. The molecule has 6 heteroatoms. The van der Waals surface area contributed by atoms with Crippen LogP contribution in [0.1, 0.15) is 38.6 Å². The molecule has 0 radical (unpaired) electrons. The van der Waals surface area contributed by atoms with Gasteiger partial charge in [-0.1, -0.05) is 78.9 Å². The minimum Gasteiger partial charge on any atom is -0.479 e. The molecule has 0 spiro atoms. The molecule has 5 nitrogen and oxygen atoms in total. The number of Topliss-reactive ketones (excluding diaryl/α,β-unsaturated/α-hetero) is 1. The van der Waals surface area contributed by atoms with Crippen LogP contribution in [0.3, 0.4) is 0 Å². The molecule has 0 aliphatic heterocycles. The molecule has 0 bridgehead atoms. The van der Waals surface area contributed by atoms with Crippen LogP contribution < -0.4 is 5.32 Å². The average molecular weight is 456 g/mol. The summed E-state index contributed by atoms with van der Waals surface area (Å²) in [5.41, 5.74) is 5.06. The maximum Gasteiger partial charge on any atom is 0.330 e. The molecule has 1 amide bonds. The summed E-state index contributed by atoms with van der Waals surface area (Å²) in [6, 6.07) is 24.7. The van der Waals surface area contributed by atoms with Crippen molar-refractivity contribution < 1.29 is 19.5 Å². The topological polar surface area (TPSA) is 83.5 Å². The summed E-state index contributed by atoms with van der Waals surface area (Å²) in [6.07, 6.45) is 0. The second-order valence-electron chi connectivity index (χ2n) is 7.57. The summed E-state index contributed by atoms with van der Waals surface area (Å²) < 4.78 is 0. The Bertz CT molecular complexity index is 1290. The molecule has 0 saturated carbocycles. The molecule has 1 unspecified atom stereocenters. The molecule has 1 aromatic heterocycles. The van der Waals surface area contributed by atoms with Crippen molar-refractivity contribution in [2.24, 2.45) is 0 Å². The van der Waals surface area contributed by atoms with Gasteiger partial charge in [0, 0.05) is 5.56 Å². The number of carbonyl (C=O) groups is 3. The molecule has 4 aromatic rings. The third-order valence-electron chi connectivity index (χ3n) is 5.32. The summed E-state index contributed by atoms with van der Waals surface area (Å²) in [4.78, 5) is 36.3. The zero-order valence-corrected chi connectivity index (χ0v) is 18.6. The van der Waals surface area contributed by atoms with Gasteiger partial charge in [0.2, 0.25) is 0 Å². The maximum atomic E-state index is 12.7. The van der Waals surface area contributed by atoms with E-state index in [1.807, 2.05) is 53.9 Å². The molecule has 3 aromatic carbocycles. The van der Waals surface area contributed by atoms with E-state index >= 15 is 0 Å². The van der Waals surface area contributed by atoms with E-state index in [0.717, 1.165) is 22.3 Å². The van der Waals surface area contributed by atoms with Gasteiger partial charge in [0.05, 0.1) is 4.88 Å². The fourth-order valence-corrected chi connectivity index (χ4v) is 4.31. The van der Waals surface area contributed by atoms with Crippen LogP contribution in [-0.2, 0) is 4.79 Å².